The summed E-state index contributed by atoms with van der Waals surface area (Å²) in [5.41, 5.74) is 0.513. The van der Waals surface area contributed by atoms with Gasteiger partial charge in [0, 0.05) is 25.5 Å². The van der Waals surface area contributed by atoms with Crippen LogP contribution in [0, 0.1) is 5.41 Å². The summed E-state index contributed by atoms with van der Waals surface area (Å²) < 4.78 is 5.05. The van der Waals surface area contributed by atoms with Crippen LogP contribution in [0.3, 0.4) is 0 Å². The minimum absolute atomic E-state index is 0.321. The number of hydrogen-bond donors (Lipinski definition) is 1. The molecule has 0 bridgehead atoms. The number of aliphatic carboxylic acids is 1. The van der Waals surface area contributed by atoms with Crippen LogP contribution in [-0.2, 0) is 16.0 Å². The van der Waals surface area contributed by atoms with Crippen LogP contribution >= 0.6 is 0 Å². The van der Waals surface area contributed by atoms with E-state index in [0.29, 0.717) is 19.8 Å². The van der Waals surface area contributed by atoms with E-state index >= 15 is 0 Å². The van der Waals surface area contributed by atoms with Crippen LogP contribution in [0.5, 0.6) is 0 Å². The lowest BCUT2D eigenvalue weighted by atomic mass is 9.85. The van der Waals surface area contributed by atoms with E-state index < -0.39 is 11.4 Å². The Morgan fingerprint density at radius 2 is 2.17 bits per heavy atom. The zero-order valence-corrected chi connectivity index (χ0v) is 10.5. The molecule has 2 rings (SSSR count). The summed E-state index contributed by atoms with van der Waals surface area (Å²) in [7, 11) is 1.95. The smallest absolute Gasteiger partial charge is 0.315 e. The maximum Gasteiger partial charge on any atom is 0.315 e. The van der Waals surface area contributed by atoms with Crippen molar-refractivity contribution in [2.24, 2.45) is 5.41 Å². The highest BCUT2D eigenvalue weighted by Crippen LogP contribution is 2.28. The highest BCUT2D eigenvalue weighted by atomic mass is 16.5. The van der Waals surface area contributed by atoms with E-state index in [0.717, 1.165) is 13.0 Å². The van der Waals surface area contributed by atoms with Gasteiger partial charge in [-0.1, -0.05) is 0 Å². The molecule has 5 nitrogen and oxygen atoms in total. The van der Waals surface area contributed by atoms with Gasteiger partial charge >= 0.3 is 5.97 Å². The zero-order valence-electron chi connectivity index (χ0n) is 10.5. The fourth-order valence-electron chi connectivity index (χ4n) is 2.10. The number of aromatic nitrogens is 1. The Balaban J connectivity index is 1.82. The molecular formula is C13H18N2O3. The van der Waals surface area contributed by atoms with E-state index in [4.69, 9.17) is 4.74 Å². The number of pyridine rings is 1. The molecule has 0 aliphatic carbocycles. The van der Waals surface area contributed by atoms with Crippen molar-refractivity contribution < 1.29 is 14.6 Å². The van der Waals surface area contributed by atoms with E-state index in [-0.39, 0.29) is 0 Å². The first-order valence-electron chi connectivity index (χ1n) is 6.01. The third-order valence-electron chi connectivity index (χ3n) is 3.31. The van der Waals surface area contributed by atoms with E-state index in [1.807, 2.05) is 19.2 Å². The molecular weight excluding hydrogens is 232 g/mol. The Hall–Kier alpha value is -1.46. The summed E-state index contributed by atoms with van der Waals surface area (Å²) in [5.74, 6) is -0.760. The van der Waals surface area contributed by atoms with Gasteiger partial charge in [-0.2, -0.15) is 0 Å². The van der Waals surface area contributed by atoms with Gasteiger partial charge in [-0.3, -0.25) is 9.78 Å². The first kappa shape index (κ1) is 13.0. The number of likely N-dealkylation sites (N-methyl/N-ethyl adjacent to an activating group) is 1. The summed E-state index contributed by atoms with van der Waals surface area (Å²) >= 11 is 0. The van der Waals surface area contributed by atoms with E-state index in [9.17, 15) is 9.90 Å². The van der Waals surface area contributed by atoms with Crippen molar-refractivity contribution in [1.82, 2.24) is 9.88 Å². The summed E-state index contributed by atoms with van der Waals surface area (Å²) in [4.78, 5) is 17.2. The Morgan fingerprint density at radius 1 is 1.50 bits per heavy atom. The molecule has 0 saturated carbocycles. The fourth-order valence-corrected chi connectivity index (χ4v) is 2.10. The molecule has 0 unspecified atom stereocenters. The molecule has 1 aliphatic heterocycles. The van der Waals surface area contributed by atoms with Crippen LogP contribution < -0.4 is 0 Å². The number of ether oxygens (including phenoxy) is 1. The number of carbonyl (C=O) groups is 1. The van der Waals surface area contributed by atoms with Crippen molar-refractivity contribution in [2.75, 3.05) is 33.4 Å². The van der Waals surface area contributed by atoms with E-state index in [1.54, 1.807) is 12.4 Å². The second kappa shape index (κ2) is 5.46. The quantitative estimate of drug-likeness (QED) is 0.803. The first-order valence-corrected chi connectivity index (χ1v) is 6.01. The van der Waals surface area contributed by atoms with Crippen molar-refractivity contribution in [3.63, 3.8) is 0 Å². The molecule has 0 amide bonds. The highest BCUT2D eigenvalue weighted by molar-refractivity contribution is 5.76. The van der Waals surface area contributed by atoms with Gasteiger partial charge in [0.1, 0.15) is 5.41 Å². The SMILES string of the molecule is CN(CCc1ccncc1)CC1(C(=O)O)COC1. The Kier molecular flexibility index (Phi) is 3.93. The van der Waals surface area contributed by atoms with Crippen LogP contribution in [0.1, 0.15) is 5.56 Å². The van der Waals surface area contributed by atoms with Crippen LogP contribution in [0.2, 0.25) is 0 Å². The first-order chi connectivity index (χ1) is 8.62. The standard InChI is InChI=1S/C13H18N2O3/c1-15(7-4-11-2-5-14-6-3-11)8-13(12(16)17)9-18-10-13/h2-3,5-6H,4,7-10H2,1H3,(H,16,17). The average molecular weight is 250 g/mol. The minimum atomic E-state index is -0.760. The fraction of sp³-hybridized carbons (Fsp3) is 0.538. The molecule has 18 heavy (non-hydrogen) atoms. The monoisotopic (exact) mass is 250 g/mol. The number of nitrogens with zero attached hydrogens (tertiary/aromatic N) is 2. The molecule has 0 radical (unpaired) electrons. The molecule has 98 valence electrons. The summed E-state index contributed by atoms with van der Waals surface area (Å²) in [6.45, 7) is 2.01. The third-order valence-corrected chi connectivity index (χ3v) is 3.31. The molecule has 1 aromatic rings. The van der Waals surface area contributed by atoms with Gasteiger partial charge in [0.15, 0.2) is 0 Å². The molecule has 2 heterocycles. The van der Waals surface area contributed by atoms with Crippen LogP contribution in [0.4, 0.5) is 0 Å². The number of carboxylic acid groups (broad SMARTS) is 1. The predicted octanol–water partition coefficient (Wildman–Crippen LogP) is 0.657. The molecule has 0 spiro atoms. The van der Waals surface area contributed by atoms with Crippen LogP contribution in [0.15, 0.2) is 24.5 Å². The molecule has 1 saturated heterocycles. The third kappa shape index (κ3) is 2.86. The lowest BCUT2D eigenvalue weighted by Crippen LogP contribution is -2.55. The van der Waals surface area contributed by atoms with Gasteiger partial charge in [0.25, 0.3) is 0 Å². The Morgan fingerprint density at radius 3 is 2.67 bits per heavy atom. The van der Waals surface area contributed by atoms with Gasteiger partial charge < -0.3 is 14.7 Å². The van der Waals surface area contributed by atoms with Gasteiger partial charge in [-0.05, 0) is 31.2 Å². The Labute approximate surface area is 106 Å². The number of rotatable bonds is 6. The number of hydrogen-bond acceptors (Lipinski definition) is 4. The van der Waals surface area contributed by atoms with Gasteiger partial charge in [-0.25, -0.2) is 0 Å². The Bertz CT molecular complexity index is 404. The van der Waals surface area contributed by atoms with Crippen molar-refractivity contribution in [2.45, 2.75) is 6.42 Å². The van der Waals surface area contributed by atoms with E-state index in [1.165, 1.54) is 5.56 Å². The predicted molar refractivity (Wildman–Crippen MR) is 66.3 cm³/mol. The van der Waals surface area contributed by atoms with Crippen LogP contribution in [0.25, 0.3) is 0 Å². The normalized spacial score (nSPS) is 17.4. The molecule has 1 fully saturated rings. The lowest BCUT2D eigenvalue weighted by molar-refractivity contribution is -0.182. The molecule has 1 aliphatic rings. The maximum absolute atomic E-state index is 11.2. The maximum atomic E-state index is 11.2. The summed E-state index contributed by atoms with van der Waals surface area (Å²) in [6, 6.07) is 3.96. The lowest BCUT2D eigenvalue weighted by Gasteiger charge is -2.40. The van der Waals surface area contributed by atoms with Gasteiger partial charge in [0.2, 0.25) is 0 Å². The highest BCUT2D eigenvalue weighted by Gasteiger charge is 2.46. The van der Waals surface area contributed by atoms with Crippen molar-refractivity contribution in [3.05, 3.63) is 30.1 Å². The average Bonchev–Trinajstić information content (AvgIpc) is 2.32. The molecule has 5 heteroatoms. The number of carboxylic acids is 1. The van der Waals surface area contributed by atoms with Gasteiger partial charge in [-0.15, -0.1) is 0 Å². The second-order valence-electron chi connectivity index (χ2n) is 4.92. The molecule has 0 atom stereocenters. The zero-order chi connectivity index (χ0) is 13.0. The van der Waals surface area contributed by atoms with Crippen molar-refractivity contribution in [3.8, 4) is 0 Å². The van der Waals surface area contributed by atoms with Crippen LogP contribution in [-0.4, -0.2) is 54.3 Å². The summed E-state index contributed by atoms with van der Waals surface area (Å²) in [6.07, 6.45) is 4.44. The second-order valence-corrected chi connectivity index (χ2v) is 4.92. The van der Waals surface area contributed by atoms with Crippen molar-refractivity contribution in [1.29, 1.82) is 0 Å². The largest absolute Gasteiger partial charge is 0.481 e. The summed E-state index contributed by atoms with van der Waals surface area (Å²) in [5, 5.41) is 9.20. The molecule has 1 N–H and O–H groups in total. The topological polar surface area (TPSA) is 62.7 Å². The van der Waals surface area contributed by atoms with E-state index in [2.05, 4.69) is 9.88 Å². The minimum Gasteiger partial charge on any atom is -0.481 e. The molecule has 1 aromatic heterocycles. The van der Waals surface area contributed by atoms with Gasteiger partial charge in [0.05, 0.1) is 13.2 Å². The molecule has 0 aromatic carbocycles. The van der Waals surface area contributed by atoms with Crippen molar-refractivity contribution >= 4 is 5.97 Å².